The van der Waals surface area contributed by atoms with Crippen molar-refractivity contribution in [3.63, 3.8) is 0 Å². The Hall–Kier alpha value is -0.590. The summed E-state index contributed by atoms with van der Waals surface area (Å²) in [6.07, 6.45) is 0.935. The Labute approximate surface area is 96.1 Å². The zero-order valence-corrected chi connectivity index (χ0v) is 10.3. The molecule has 0 saturated heterocycles. The topological polar surface area (TPSA) is 52.3 Å². The first kappa shape index (κ1) is 11.5. The van der Waals surface area contributed by atoms with Crippen LogP contribution in [0.2, 0.25) is 0 Å². The molecule has 0 radical (unpaired) electrons. The lowest BCUT2D eigenvalue weighted by molar-refractivity contribution is -0.143. The molecule has 1 rings (SSSR count). The smallest absolute Gasteiger partial charge is 0.306 e. The first-order valence-electron chi connectivity index (χ1n) is 4.41. The molecule has 1 heterocycles. The van der Waals surface area contributed by atoms with Crippen LogP contribution in [0.25, 0.3) is 0 Å². The van der Waals surface area contributed by atoms with Gasteiger partial charge in [-0.1, -0.05) is 5.16 Å². The predicted octanol–water partition coefficient (Wildman–Crippen LogP) is 2.08. The van der Waals surface area contributed by atoms with Gasteiger partial charge in [-0.3, -0.25) is 4.79 Å². The van der Waals surface area contributed by atoms with E-state index in [1.54, 1.807) is 6.92 Å². The van der Waals surface area contributed by atoms with Crippen LogP contribution in [0.5, 0.6) is 0 Å². The number of rotatable bonds is 4. The van der Waals surface area contributed by atoms with Crippen molar-refractivity contribution in [2.75, 3.05) is 6.61 Å². The van der Waals surface area contributed by atoms with Gasteiger partial charge in [0.2, 0.25) is 0 Å². The Morgan fingerprint density at radius 1 is 1.64 bits per heavy atom. The summed E-state index contributed by atoms with van der Waals surface area (Å²) >= 11 is 2.16. The van der Waals surface area contributed by atoms with Crippen molar-refractivity contribution >= 4 is 28.6 Å². The van der Waals surface area contributed by atoms with Gasteiger partial charge in [-0.15, -0.1) is 0 Å². The predicted molar refractivity (Wildman–Crippen MR) is 58.9 cm³/mol. The van der Waals surface area contributed by atoms with Crippen LogP contribution in [0.3, 0.4) is 0 Å². The maximum atomic E-state index is 11.1. The molecular weight excluding hydrogens is 297 g/mol. The van der Waals surface area contributed by atoms with Crippen LogP contribution in [0.15, 0.2) is 4.52 Å². The number of hydrogen-bond donors (Lipinski definition) is 0. The molecule has 0 aromatic carbocycles. The number of nitrogens with zero attached hydrogens (tertiary/aromatic N) is 1. The van der Waals surface area contributed by atoms with Gasteiger partial charge in [0.15, 0.2) is 0 Å². The Kier molecular flexibility index (Phi) is 4.37. The molecular formula is C9H12INO3. The van der Waals surface area contributed by atoms with Gasteiger partial charge in [-0.25, -0.2) is 0 Å². The quantitative estimate of drug-likeness (QED) is 0.631. The second-order valence-corrected chi connectivity index (χ2v) is 3.88. The zero-order valence-electron chi connectivity index (χ0n) is 8.17. The zero-order chi connectivity index (χ0) is 10.6. The molecule has 0 spiro atoms. The fraction of sp³-hybridized carbons (Fsp3) is 0.556. The van der Waals surface area contributed by atoms with Crippen LogP contribution in [-0.2, 0) is 16.0 Å². The third-order valence-electron chi connectivity index (χ3n) is 1.73. The summed E-state index contributed by atoms with van der Waals surface area (Å²) < 4.78 is 10.8. The molecule has 1 aromatic rings. The van der Waals surface area contributed by atoms with E-state index in [2.05, 4.69) is 27.7 Å². The summed E-state index contributed by atoms with van der Waals surface area (Å²) in [4.78, 5) is 11.1. The number of aromatic nitrogens is 1. The maximum Gasteiger partial charge on any atom is 0.306 e. The van der Waals surface area contributed by atoms with Crippen LogP contribution >= 0.6 is 22.6 Å². The Bertz CT molecular complexity index is 322. The Morgan fingerprint density at radius 2 is 2.36 bits per heavy atom. The lowest BCUT2D eigenvalue weighted by atomic mass is 10.2. The van der Waals surface area contributed by atoms with E-state index in [0.29, 0.717) is 19.4 Å². The second-order valence-electron chi connectivity index (χ2n) is 2.80. The summed E-state index contributed by atoms with van der Waals surface area (Å²) in [6, 6.07) is 0. The van der Waals surface area contributed by atoms with Crippen molar-refractivity contribution in [1.82, 2.24) is 5.16 Å². The standard InChI is InChI=1S/C9H12INO3/c1-3-13-8(12)5-4-7-9(10)6(2)14-11-7/h3-5H2,1-2H3. The van der Waals surface area contributed by atoms with Crippen molar-refractivity contribution in [1.29, 1.82) is 0 Å². The summed E-state index contributed by atoms with van der Waals surface area (Å²) in [5.74, 6) is 0.605. The lowest BCUT2D eigenvalue weighted by Crippen LogP contribution is -2.05. The average molecular weight is 309 g/mol. The Morgan fingerprint density at radius 3 is 2.86 bits per heavy atom. The fourth-order valence-corrected chi connectivity index (χ4v) is 1.48. The van der Waals surface area contributed by atoms with Gasteiger partial charge < -0.3 is 9.26 Å². The van der Waals surface area contributed by atoms with Gasteiger partial charge in [-0.05, 0) is 36.4 Å². The van der Waals surface area contributed by atoms with Crippen molar-refractivity contribution in [3.8, 4) is 0 Å². The van der Waals surface area contributed by atoms with E-state index < -0.39 is 0 Å². The number of hydrogen-bond acceptors (Lipinski definition) is 4. The molecule has 14 heavy (non-hydrogen) atoms. The van der Waals surface area contributed by atoms with Crippen LogP contribution < -0.4 is 0 Å². The number of ether oxygens (including phenoxy) is 1. The van der Waals surface area contributed by atoms with E-state index in [0.717, 1.165) is 15.0 Å². The van der Waals surface area contributed by atoms with E-state index in [-0.39, 0.29) is 5.97 Å². The minimum Gasteiger partial charge on any atom is -0.466 e. The minimum atomic E-state index is -0.191. The molecule has 0 aliphatic rings. The summed E-state index contributed by atoms with van der Waals surface area (Å²) in [5.41, 5.74) is 0.830. The molecule has 0 fully saturated rings. The van der Waals surface area contributed by atoms with Gasteiger partial charge in [0.25, 0.3) is 0 Å². The van der Waals surface area contributed by atoms with E-state index >= 15 is 0 Å². The first-order chi connectivity index (χ1) is 6.65. The molecule has 0 amide bonds. The molecule has 0 bridgehead atoms. The molecule has 78 valence electrons. The lowest BCUT2D eigenvalue weighted by Gasteiger charge is -1.99. The second kappa shape index (κ2) is 5.33. The highest BCUT2D eigenvalue weighted by atomic mass is 127. The molecule has 0 aliphatic heterocycles. The van der Waals surface area contributed by atoms with Crippen molar-refractivity contribution in [3.05, 3.63) is 15.0 Å². The van der Waals surface area contributed by atoms with Crippen molar-refractivity contribution in [2.24, 2.45) is 0 Å². The Balaban J connectivity index is 2.46. The molecule has 4 nitrogen and oxygen atoms in total. The molecule has 0 unspecified atom stereocenters. The van der Waals surface area contributed by atoms with Crippen molar-refractivity contribution < 1.29 is 14.1 Å². The highest BCUT2D eigenvalue weighted by Gasteiger charge is 2.11. The minimum absolute atomic E-state index is 0.191. The molecule has 1 aromatic heterocycles. The number of esters is 1. The summed E-state index contributed by atoms with van der Waals surface area (Å²) in [7, 11) is 0. The highest BCUT2D eigenvalue weighted by Crippen LogP contribution is 2.17. The monoisotopic (exact) mass is 309 g/mol. The van der Waals surface area contributed by atoms with Gasteiger partial charge in [0, 0.05) is 6.42 Å². The average Bonchev–Trinajstić information content (AvgIpc) is 2.46. The molecule has 0 aliphatic carbocycles. The number of halogens is 1. The SMILES string of the molecule is CCOC(=O)CCc1noc(C)c1I. The van der Waals surface area contributed by atoms with Crippen LogP contribution in [0.1, 0.15) is 24.8 Å². The summed E-state index contributed by atoms with van der Waals surface area (Å²) in [6.45, 7) is 4.07. The molecule has 0 saturated carbocycles. The summed E-state index contributed by atoms with van der Waals surface area (Å²) in [5, 5.41) is 3.86. The van der Waals surface area contributed by atoms with Gasteiger partial charge in [-0.2, -0.15) is 0 Å². The van der Waals surface area contributed by atoms with E-state index in [9.17, 15) is 4.79 Å². The number of aryl methyl sites for hydroxylation is 2. The van der Waals surface area contributed by atoms with E-state index in [4.69, 9.17) is 9.26 Å². The molecule has 0 N–H and O–H groups in total. The van der Waals surface area contributed by atoms with E-state index in [1.165, 1.54) is 0 Å². The van der Waals surface area contributed by atoms with Crippen LogP contribution in [-0.4, -0.2) is 17.7 Å². The largest absolute Gasteiger partial charge is 0.466 e. The van der Waals surface area contributed by atoms with E-state index in [1.807, 2.05) is 6.92 Å². The number of carbonyl (C=O) groups is 1. The molecule has 0 atom stereocenters. The molecule has 5 heteroatoms. The van der Waals surface area contributed by atoms with Crippen molar-refractivity contribution in [2.45, 2.75) is 26.7 Å². The highest BCUT2D eigenvalue weighted by molar-refractivity contribution is 14.1. The fourth-order valence-electron chi connectivity index (χ4n) is 1.02. The maximum absolute atomic E-state index is 11.1. The van der Waals surface area contributed by atoms with Gasteiger partial charge >= 0.3 is 5.97 Å². The third kappa shape index (κ3) is 2.97. The van der Waals surface area contributed by atoms with Crippen LogP contribution in [0, 0.1) is 10.5 Å². The normalized spacial score (nSPS) is 10.2. The van der Waals surface area contributed by atoms with Gasteiger partial charge in [0.05, 0.1) is 22.3 Å². The number of carbonyl (C=O) groups excluding carboxylic acids is 1. The third-order valence-corrected chi connectivity index (χ3v) is 3.11. The van der Waals surface area contributed by atoms with Crippen LogP contribution in [0.4, 0.5) is 0 Å². The first-order valence-corrected chi connectivity index (χ1v) is 5.49. The van der Waals surface area contributed by atoms with Gasteiger partial charge in [0.1, 0.15) is 5.76 Å².